The maximum Gasteiger partial charge on any atom is 0.0975 e. The first kappa shape index (κ1) is 45.4. The van der Waals surface area contributed by atoms with Crippen LogP contribution in [0.3, 0.4) is 0 Å². The first-order valence-electron chi connectivity index (χ1n) is 26.8. The van der Waals surface area contributed by atoms with Gasteiger partial charge < -0.3 is 0 Å². The molecule has 14 rings (SSSR count). The van der Waals surface area contributed by atoms with Crippen LogP contribution >= 0.6 is 0 Å². The van der Waals surface area contributed by atoms with Crippen LogP contribution < -0.4 is 0 Å². The van der Waals surface area contributed by atoms with Crippen molar-refractivity contribution in [1.29, 1.82) is 0 Å². The molecule has 2 nitrogen and oxygen atoms in total. The van der Waals surface area contributed by atoms with Crippen LogP contribution in [0, 0.1) is 0 Å². The highest BCUT2D eigenvalue weighted by Gasteiger charge is 2.21. The molecule has 0 aliphatic carbocycles. The van der Waals surface area contributed by atoms with Gasteiger partial charge in [-0.15, -0.1) is 0 Å². The number of aromatic nitrogens is 2. The zero-order valence-electron chi connectivity index (χ0n) is 43.1. The van der Waals surface area contributed by atoms with E-state index in [9.17, 15) is 0 Å². The minimum atomic E-state index is 0.239. The van der Waals surface area contributed by atoms with Gasteiger partial charge >= 0.3 is 0 Å². The minimum absolute atomic E-state index is 0.239. The van der Waals surface area contributed by atoms with Crippen molar-refractivity contribution < 1.29 is 0 Å². The van der Waals surface area contributed by atoms with Gasteiger partial charge in [-0.2, -0.15) is 0 Å². The van der Waals surface area contributed by atoms with Crippen molar-refractivity contribution in [3.05, 3.63) is 254 Å². The minimum Gasteiger partial charge on any atom is -0.248 e. The van der Waals surface area contributed by atoms with Crippen LogP contribution in [0.25, 0.3) is 142 Å². The first-order chi connectivity index (χ1) is 37.3. The Labute approximate surface area is 443 Å². The van der Waals surface area contributed by atoms with E-state index in [0.717, 1.165) is 44.3 Å². The van der Waals surface area contributed by atoms with Gasteiger partial charge in [0.05, 0.1) is 22.4 Å². The summed E-state index contributed by atoms with van der Waals surface area (Å²) >= 11 is 0. The fraction of sp³-hybridized carbons (Fsp3) is 0.0811. The second-order valence-electron chi connectivity index (χ2n) is 21.2. The lowest BCUT2D eigenvalue weighted by Gasteiger charge is -2.18. The molecule has 2 heteroatoms. The van der Waals surface area contributed by atoms with E-state index < -0.39 is 0 Å². The monoisotopic (exact) mass is 970 g/mol. The van der Waals surface area contributed by atoms with Gasteiger partial charge in [0.2, 0.25) is 0 Å². The molecule has 360 valence electrons. The maximum atomic E-state index is 5.52. The summed E-state index contributed by atoms with van der Waals surface area (Å²) in [4.78, 5) is 11.0. The molecule has 0 aliphatic heterocycles. The van der Waals surface area contributed by atoms with E-state index in [4.69, 9.17) is 9.97 Å². The Bertz CT molecular complexity index is 4360. The van der Waals surface area contributed by atoms with Gasteiger partial charge in [-0.05, 0) is 181 Å². The standard InChI is InChI=1S/C74H54N2/c1-45(2)71-72(46(3)4)76-74-66-36-34-54(50-22-14-20-48(38-50)52-24-16-26-56(40-52)68-44-58-18-6-8-28-60(58)62-30-10-12-32-64(62)68)42-70(66)69-41-53(33-35-65(69)73(74)75-71)49-21-13-19-47(37-49)51-23-15-25-55(39-51)67-43-57-17-5-7-27-59(57)61-29-9-11-31-63(61)67/h5-46H,1-4H3. The molecule has 0 atom stereocenters. The predicted molar refractivity (Wildman–Crippen MR) is 325 cm³/mol. The maximum absolute atomic E-state index is 5.52. The van der Waals surface area contributed by atoms with Crippen LogP contribution in [0.2, 0.25) is 0 Å². The smallest absolute Gasteiger partial charge is 0.0975 e. The van der Waals surface area contributed by atoms with Gasteiger partial charge in [0.15, 0.2) is 0 Å². The van der Waals surface area contributed by atoms with Gasteiger partial charge in [0.1, 0.15) is 0 Å². The van der Waals surface area contributed by atoms with Crippen LogP contribution in [0.4, 0.5) is 0 Å². The molecular formula is C74H54N2. The highest BCUT2D eigenvalue weighted by molar-refractivity contribution is 6.24. The SMILES string of the molecule is CC(C)c1nc2c3ccc(-c4cccc(-c5cccc(-c6cc7ccccc7c7ccccc67)c5)c4)cc3c3cc(-c4cccc(-c5cccc(-c6cc7ccccc7c7ccccc67)c5)c4)ccc3c2nc1C(C)C. The van der Waals surface area contributed by atoms with Crippen LogP contribution in [-0.2, 0) is 0 Å². The van der Waals surface area contributed by atoms with Crippen molar-refractivity contribution in [2.24, 2.45) is 0 Å². The fourth-order valence-electron chi connectivity index (χ4n) is 12.1. The van der Waals surface area contributed by atoms with Gasteiger partial charge in [-0.3, -0.25) is 0 Å². The highest BCUT2D eigenvalue weighted by Crippen LogP contribution is 2.43. The van der Waals surface area contributed by atoms with Crippen molar-refractivity contribution in [3.63, 3.8) is 0 Å². The average molecular weight is 971 g/mol. The Morgan fingerprint density at radius 2 is 0.526 bits per heavy atom. The van der Waals surface area contributed by atoms with Crippen molar-refractivity contribution in [2.75, 3.05) is 0 Å². The van der Waals surface area contributed by atoms with Crippen molar-refractivity contribution in [1.82, 2.24) is 9.97 Å². The third-order valence-electron chi connectivity index (χ3n) is 15.8. The third-order valence-corrected chi connectivity index (χ3v) is 15.8. The Morgan fingerprint density at radius 3 is 0.895 bits per heavy atom. The number of rotatable bonds is 8. The van der Waals surface area contributed by atoms with Gasteiger partial charge in [-0.1, -0.05) is 222 Å². The van der Waals surface area contributed by atoms with Crippen LogP contribution in [0.5, 0.6) is 0 Å². The van der Waals surface area contributed by atoms with Gasteiger partial charge in [0, 0.05) is 10.8 Å². The molecule has 0 N–H and O–H groups in total. The number of hydrogen-bond acceptors (Lipinski definition) is 2. The molecule has 0 saturated heterocycles. The summed E-state index contributed by atoms with van der Waals surface area (Å²) in [6.45, 7) is 8.94. The molecule has 0 bridgehead atoms. The third kappa shape index (κ3) is 7.71. The van der Waals surface area contributed by atoms with E-state index in [1.807, 2.05) is 0 Å². The predicted octanol–water partition coefficient (Wildman–Crippen LogP) is 20.8. The zero-order valence-corrected chi connectivity index (χ0v) is 43.1. The number of hydrogen-bond donors (Lipinski definition) is 0. The lowest BCUT2D eigenvalue weighted by atomic mass is 9.90. The molecule has 14 aromatic rings. The Kier molecular flexibility index (Phi) is 10.9. The zero-order chi connectivity index (χ0) is 51.0. The van der Waals surface area contributed by atoms with E-state index in [-0.39, 0.29) is 11.8 Å². The van der Waals surface area contributed by atoms with Crippen molar-refractivity contribution >= 4 is 75.7 Å². The lowest BCUT2D eigenvalue weighted by Crippen LogP contribution is -2.06. The average Bonchev–Trinajstić information content (AvgIpc) is 3.54. The van der Waals surface area contributed by atoms with Crippen LogP contribution in [0.1, 0.15) is 50.9 Å². The second-order valence-corrected chi connectivity index (χ2v) is 21.2. The number of benzene rings is 13. The second kappa shape index (κ2) is 18.3. The van der Waals surface area contributed by atoms with Crippen LogP contribution in [-0.4, -0.2) is 9.97 Å². The van der Waals surface area contributed by atoms with E-state index in [0.29, 0.717) is 0 Å². The molecular weight excluding hydrogens is 917 g/mol. The molecule has 1 aromatic heterocycles. The summed E-state index contributed by atoms with van der Waals surface area (Å²) in [6.07, 6.45) is 0. The molecule has 0 unspecified atom stereocenters. The van der Waals surface area contributed by atoms with Crippen molar-refractivity contribution in [2.45, 2.75) is 39.5 Å². The van der Waals surface area contributed by atoms with E-state index in [1.165, 1.54) is 109 Å². The molecule has 0 saturated carbocycles. The molecule has 13 aromatic carbocycles. The normalized spacial score (nSPS) is 11.9. The summed E-state index contributed by atoms with van der Waals surface area (Å²) < 4.78 is 0. The molecule has 0 spiro atoms. The van der Waals surface area contributed by atoms with E-state index >= 15 is 0 Å². The van der Waals surface area contributed by atoms with E-state index in [2.05, 4.69) is 270 Å². The molecule has 76 heavy (non-hydrogen) atoms. The van der Waals surface area contributed by atoms with E-state index in [1.54, 1.807) is 0 Å². The lowest BCUT2D eigenvalue weighted by molar-refractivity contribution is 0.738. The molecule has 0 fully saturated rings. The number of nitrogens with zero attached hydrogens (tertiary/aromatic N) is 2. The molecule has 0 aliphatic rings. The Hall–Kier alpha value is -9.24. The molecule has 1 heterocycles. The summed E-state index contributed by atoms with van der Waals surface area (Å²) in [5.74, 6) is 0.477. The topological polar surface area (TPSA) is 25.8 Å². The van der Waals surface area contributed by atoms with Crippen LogP contribution in [0.15, 0.2) is 243 Å². The van der Waals surface area contributed by atoms with Gasteiger partial charge in [-0.25, -0.2) is 9.97 Å². The first-order valence-corrected chi connectivity index (χ1v) is 26.8. The Morgan fingerprint density at radius 1 is 0.224 bits per heavy atom. The molecule has 0 radical (unpaired) electrons. The Balaban J connectivity index is 0.890. The molecule has 0 amide bonds. The largest absolute Gasteiger partial charge is 0.248 e. The summed E-state index contributed by atoms with van der Waals surface area (Å²) in [5.41, 5.74) is 18.4. The fourth-order valence-corrected chi connectivity index (χ4v) is 12.1. The number of fused-ring (bicyclic) bond motifs is 12. The summed E-state index contributed by atoms with van der Waals surface area (Å²) in [5, 5.41) is 14.7. The summed E-state index contributed by atoms with van der Waals surface area (Å²) in [6, 6.07) is 89.8. The van der Waals surface area contributed by atoms with Crippen molar-refractivity contribution in [3.8, 4) is 66.8 Å². The quantitative estimate of drug-likeness (QED) is 0.142. The highest BCUT2D eigenvalue weighted by atomic mass is 14.8. The summed E-state index contributed by atoms with van der Waals surface area (Å²) in [7, 11) is 0. The van der Waals surface area contributed by atoms with Gasteiger partial charge in [0.25, 0.3) is 0 Å².